The minimum atomic E-state index is -0.761. The summed E-state index contributed by atoms with van der Waals surface area (Å²) in [5, 5.41) is 0. The lowest BCUT2D eigenvalue weighted by molar-refractivity contribution is -0.167. The van der Waals surface area contributed by atoms with Crippen molar-refractivity contribution in [1.82, 2.24) is 0 Å². The fourth-order valence-electron chi connectivity index (χ4n) is 7.66. The molecule has 0 aliphatic carbocycles. The number of carbonyl (C=O) groups is 3. The highest BCUT2D eigenvalue weighted by Crippen LogP contribution is 2.17. The van der Waals surface area contributed by atoms with Crippen LogP contribution in [-0.4, -0.2) is 37.2 Å². The average molecular weight is 807 g/mol. The molecular weight excluding hydrogens is 709 g/mol. The normalized spacial score (nSPS) is 12.4. The highest BCUT2D eigenvalue weighted by atomic mass is 16.6. The molecule has 2 atom stereocenters. The van der Waals surface area contributed by atoms with E-state index in [1.807, 2.05) is 0 Å². The molecule has 0 fully saturated rings. The first-order chi connectivity index (χ1) is 27.9. The number of unbranched alkanes of at least 4 members (excludes halogenated alkanes) is 32. The Labute approximate surface area is 355 Å². The largest absolute Gasteiger partial charge is 0.462 e. The van der Waals surface area contributed by atoms with Crippen LogP contribution in [0.1, 0.15) is 285 Å². The van der Waals surface area contributed by atoms with Crippen molar-refractivity contribution in [1.29, 1.82) is 0 Å². The van der Waals surface area contributed by atoms with Crippen LogP contribution in [0.15, 0.2) is 0 Å². The highest BCUT2D eigenvalue weighted by molar-refractivity contribution is 5.71. The van der Waals surface area contributed by atoms with Gasteiger partial charge in [-0.2, -0.15) is 0 Å². The predicted molar refractivity (Wildman–Crippen MR) is 243 cm³/mol. The molecule has 0 aromatic heterocycles. The van der Waals surface area contributed by atoms with Crippen LogP contribution < -0.4 is 0 Å². The van der Waals surface area contributed by atoms with Gasteiger partial charge in [0.25, 0.3) is 0 Å². The summed E-state index contributed by atoms with van der Waals surface area (Å²) >= 11 is 0. The molecule has 57 heavy (non-hydrogen) atoms. The minimum Gasteiger partial charge on any atom is -0.462 e. The minimum absolute atomic E-state index is 0.0635. The second-order valence-electron chi connectivity index (χ2n) is 17.7. The van der Waals surface area contributed by atoms with Gasteiger partial charge in [-0.05, 0) is 25.2 Å². The van der Waals surface area contributed by atoms with Crippen LogP contribution in [0, 0.1) is 5.92 Å². The number of ether oxygens (including phenoxy) is 3. The summed E-state index contributed by atoms with van der Waals surface area (Å²) in [6.07, 6.45) is 46.6. The Morgan fingerprint density at radius 3 is 0.912 bits per heavy atom. The Morgan fingerprint density at radius 1 is 0.351 bits per heavy atom. The first-order valence-corrected chi connectivity index (χ1v) is 25.4. The van der Waals surface area contributed by atoms with E-state index in [0.717, 1.165) is 63.7 Å². The lowest BCUT2D eigenvalue weighted by atomic mass is 10.00. The van der Waals surface area contributed by atoms with E-state index in [4.69, 9.17) is 14.2 Å². The average Bonchev–Trinajstić information content (AvgIpc) is 3.21. The van der Waals surface area contributed by atoms with Gasteiger partial charge in [0.15, 0.2) is 6.10 Å². The Balaban J connectivity index is 4.30. The maximum absolute atomic E-state index is 12.8. The van der Waals surface area contributed by atoms with Gasteiger partial charge in [-0.15, -0.1) is 0 Å². The Morgan fingerprint density at radius 2 is 0.614 bits per heavy atom. The third-order valence-corrected chi connectivity index (χ3v) is 11.9. The molecule has 0 saturated heterocycles. The monoisotopic (exact) mass is 807 g/mol. The zero-order valence-corrected chi connectivity index (χ0v) is 38.8. The summed E-state index contributed by atoms with van der Waals surface area (Å²) in [6.45, 7) is 9.00. The van der Waals surface area contributed by atoms with E-state index in [9.17, 15) is 14.4 Å². The van der Waals surface area contributed by atoms with Gasteiger partial charge >= 0.3 is 17.9 Å². The van der Waals surface area contributed by atoms with Crippen molar-refractivity contribution in [3.8, 4) is 0 Å². The molecule has 338 valence electrons. The summed E-state index contributed by atoms with van der Waals surface area (Å²) in [4.78, 5) is 37.9. The molecule has 0 aliphatic heterocycles. The standard InChI is InChI=1S/C51H98O6/c1-5-8-10-12-14-16-18-20-22-24-26-28-30-36-40-44-51(54)57-48(46-56-50(53)43-39-35-32-31-33-37-41-47(4)7-3)45-55-49(52)42-38-34-29-27-25-23-21-19-17-15-13-11-9-6-2/h47-48H,5-46H2,1-4H3/t47?,48-/m1/s1. The molecule has 0 rings (SSSR count). The Hall–Kier alpha value is -1.59. The number of carbonyl (C=O) groups excluding carboxylic acids is 3. The molecule has 0 aliphatic rings. The van der Waals surface area contributed by atoms with Gasteiger partial charge in [-0.3, -0.25) is 14.4 Å². The van der Waals surface area contributed by atoms with E-state index in [1.165, 1.54) is 180 Å². The van der Waals surface area contributed by atoms with E-state index in [-0.39, 0.29) is 31.1 Å². The maximum atomic E-state index is 12.8. The molecule has 1 unspecified atom stereocenters. The van der Waals surface area contributed by atoms with Gasteiger partial charge in [-0.1, -0.05) is 246 Å². The summed E-state index contributed by atoms with van der Waals surface area (Å²) < 4.78 is 16.8. The first-order valence-electron chi connectivity index (χ1n) is 25.4. The SMILES string of the molecule is CCCCCCCCCCCCCCCCCC(=O)O[C@H](COC(=O)CCCCCCCCCCCCCCCC)COC(=O)CCCCCCCCC(C)CC. The lowest BCUT2D eigenvalue weighted by Crippen LogP contribution is -2.30. The summed E-state index contributed by atoms with van der Waals surface area (Å²) in [7, 11) is 0. The third-order valence-electron chi connectivity index (χ3n) is 11.9. The van der Waals surface area contributed by atoms with Gasteiger partial charge in [0.1, 0.15) is 13.2 Å². The molecule has 0 bridgehead atoms. The summed E-state index contributed by atoms with van der Waals surface area (Å²) in [6, 6.07) is 0. The van der Waals surface area contributed by atoms with Gasteiger partial charge in [0, 0.05) is 19.3 Å². The fraction of sp³-hybridized carbons (Fsp3) is 0.941. The van der Waals surface area contributed by atoms with Crippen LogP contribution >= 0.6 is 0 Å². The number of hydrogen-bond donors (Lipinski definition) is 0. The van der Waals surface area contributed by atoms with Crippen molar-refractivity contribution in [2.24, 2.45) is 5.92 Å². The van der Waals surface area contributed by atoms with Crippen LogP contribution in [0.5, 0.6) is 0 Å². The maximum Gasteiger partial charge on any atom is 0.306 e. The summed E-state index contributed by atoms with van der Waals surface area (Å²) in [5.41, 5.74) is 0. The topological polar surface area (TPSA) is 78.9 Å². The van der Waals surface area contributed by atoms with Crippen LogP contribution in [0.4, 0.5) is 0 Å². The molecule has 0 spiro atoms. The van der Waals surface area contributed by atoms with Crippen LogP contribution in [0.2, 0.25) is 0 Å². The van der Waals surface area contributed by atoms with Gasteiger partial charge in [0.2, 0.25) is 0 Å². The Kier molecular flexibility index (Phi) is 44.2. The van der Waals surface area contributed by atoms with Crippen LogP contribution in [0.3, 0.4) is 0 Å². The van der Waals surface area contributed by atoms with Gasteiger partial charge < -0.3 is 14.2 Å². The quantitative estimate of drug-likeness (QED) is 0.0346. The van der Waals surface area contributed by atoms with E-state index in [2.05, 4.69) is 27.7 Å². The van der Waals surface area contributed by atoms with Crippen molar-refractivity contribution in [2.75, 3.05) is 13.2 Å². The second kappa shape index (κ2) is 45.5. The zero-order chi connectivity index (χ0) is 41.7. The molecule has 0 aromatic carbocycles. The third kappa shape index (κ3) is 43.8. The van der Waals surface area contributed by atoms with Crippen LogP contribution in [0.25, 0.3) is 0 Å². The van der Waals surface area contributed by atoms with Crippen LogP contribution in [-0.2, 0) is 28.6 Å². The van der Waals surface area contributed by atoms with Gasteiger partial charge in [0.05, 0.1) is 0 Å². The molecule has 0 radical (unpaired) electrons. The number of esters is 3. The van der Waals surface area contributed by atoms with E-state index in [0.29, 0.717) is 19.3 Å². The first kappa shape index (κ1) is 55.4. The van der Waals surface area contributed by atoms with Crippen molar-refractivity contribution in [3.63, 3.8) is 0 Å². The second-order valence-corrected chi connectivity index (χ2v) is 17.7. The summed E-state index contributed by atoms with van der Waals surface area (Å²) in [5.74, 6) is -0.0341. The van der Waals surface area contributed by atoms with Gasteiger partial charge in [-0.25, -0.2) is 0 Å². The molecular formula is C51H98O6. The fourth-order valence-corrected chi connectivity index (χ4v) is 7.66. The molecule has 0 heterocycles. The lowest BCUT2D eigenvalue weighted by Gasteiger charge is -2.18. The smallest absolute Gasteiger partial charge is 0.306 e. The van der Waals surface area contributed by atoms with Crippen molar-refractivity contribution < 1.29 is 28.6 Å². The molecule has 0 amide bonds. The highest BCUT2D eigenvalue weighted by Gasteiger charge is 2.19. The molecule has 0 saturated carbocycles. The molecule has 6 heteroatoms. The van der Waals surface area contributed by atoms with E-state index < -0.39 is 6.10 Å². The molecule has 0 aromatic rings. The number of hydrogen-bond acceptors (Lipinski definition) is 6. The van der Waals surface area contributed by atoms with E-state index in [1.54, 1.807) is 0 Å². The van der Waals surface area contributed by atoms with E-state index >= 15 is 0 Å². The van der Waals surface area contributed by atoms with Crippen molar-refractivity contribution in [2.45, 2.75) is 291 Å². The molecule has 6 nitrogen and oxygen atoms in total. The van der Waals surface area contributed by atoms with Crippen molar-refractivity contribution >= 4 is 17.9 Å². The Bertz CT molecular complexity index is 859. The number of rotatable bonds is 46. The predicted octanol–water partition coefficient (Wildman–Crippen LogP) is 16.3. The molecule has 0 N–H and O–H groups in total. The van der Waals surface area contributed by atoms with Crippen molar-refractivity contribution in [3.05, 3.63) is 0 Å². The zero-order valence-electron chi connectivity index (χ0n) is 38.8.